The van der Waals surface area contributed by atoms with Crippen molar-refractivity contribution in [2.45, 2.75) is 30.7 Å². The van der Waals surface area contributed by atoms with Gasteiger partial charge in [-0.3, -0.25) is 4.52 Å². The average molecular weight is 260 g/mol. The first-order valence-corrected chi connectivity index (χ1v) is 5.83. The fourth-order valence-electron chi connectivity index (χ4n) is 1.29. The van der Waals surface area contributed by atoms with E-state index in [2.05, 4.69) is 9.26 Å². The molecule has 0 bridgehead atoms. The largest absolute Gasteiger partial charge is 0.472 e. The van der Waals surface area contributed by atoms with Crippen LogP contribution in [0.4, 0.5) is 0 Å². The number of hydrogen-bond donors (Lipinski definition) is 6. The summed E-state index contributed by atoms with van der Waals surface area (Å²) in [7, 11) is -4.91. The number of aliphatic hydroxyl groups is 4. The highest BCUT2D eigenvalue weighted by molar-refractivity contribution is 7.46. The van der Waals surface area contributed by atoms with Crippen molar-refractivity contribution in [3.05, 3.63) is 0 Å². The molecule has 0 spiro atoms. The second kappa shape index (κ2) is 5.05. The summed E-state index contributed by atoms with van der Waals surface area (Å²) in [6, 6.07) is 0. The third-order valence-electron chi connectivity index (χ3n) is 2.09. The van der Waals surface area contributed by atoms with Crippen LogP contribution in [-0.4, -0.2) is 67.5 Å². The van der Waals surface area contributed by atoms with Gasteiger partial charge >= 0.3 is 7.82 Å². The number of phosphoric ester groups is 1. The van der Waals surface area contributed by atoms with E-state index in [1.165, 1.54) is 0 Å². The molecule has 1 fully saturated rings. The Morgan fingerprint density at radius 3 is 2.12 bits per heavy atom. The SMILES string of the molecule is O=P(O)(O)O[C@@H]1OC(CO)[C@H](O)C(O)C1O. The van der Waals surface area contributed by atoms with Crippen molar-refractivity contribution >= 4 is 7.82 Å². The summed E-state index contributed by atoms with van der Waals surface area (Å²) >= 11 is 0. The molecule has 1 rings (SSSR count). The van der Waals surface area contributed by atoms with E-state index < -0.39 is 45.1 Å². The normalized spacial score (nSPS) is 41.0. The van der Waals surface area contributed by atoms with E-state index >= 15 is 0 Å². The van der Waals surface area contributed by atoms with Crippen LogP contribution in [-0.2, 0) is 13.8 Å². The van der Waals surface area contributed by atoms with Gasteiger partial charge in [0.15, 0.2) is 6.29 Å². The molecule has 9 nitrogen and oxygen atoms in total. The molecule has 1 saturated heterocycles. The molecular weight excluding hydrogens is 247 g/mol. The highest BCUT2D eigenvalue weighted by atomic mass is 31.2. The van der Waals surface area contributed by atoms with Crippen LogP contribution in [0.25, 0.3) is 0 Å². The number of phosphoric acid groups is 1. The van der Waals surface area contributed by atoms with Gasteiger partial charge in [0.1, 0.15) is 24.4 Å². The Hall–Kier alpha value is -0.0900. The molecular formula is C6H13O9P. The van der Waals surface area contributed by atoms with Gasteiger partial charge in [0.05, 0.1) is 6.61 Å². The molecule has 5 atom stereocenters. The zero-order valence-electron chi connectivity index (χ0n) is 7.95. The highest BCUT2D eigenvalue weighted by Gasteiger charge is 2.46. The monoisotopic (exact) mass is 260 g/mol. The van der Waals surface area contributed by atoms with Gasteiger partial charge in [-0.2, -0.15) is 0 Å². The van der Waals surface area contributed by atoms with Gasteiger partial charge in [0, 0.05) is 0 Å². The molecule has 1 heterocycles. The van der Waals surface area contributed by atoms with E-state index in [0.717, 1.165) is 0 Å². The van der Waals surface area contributed by atoms with Gasteiger partial charge in [-0.1, -0.05) is 0 Å². The molecule has 0 amide bonds. The Morgan fingerprint density at radius 2 is 1.69 bits per heavy atom. The van der Waals surface area contributed by atoms with Gasteiger partial charge in [-0.05, 0) is 0 Å². The first-order valence-electron chi connectivity index (χ1n) is 4.30. The Balaban J connectivity index is 2.75. The predicted molar refractivity (Wildman–Crippen MR) is 46.9 cm³/mol. The first-order chi connectivity index (χ1) is 7.26. The molecule has 16 heavy (non-hydrogen) atoms. The molecule has 0 aromatic heterocycles. The third-order valence-corrected chi connectivity index (χ3v) is 2.57. The van der Waals surface area contributed by atoms with Crippen LogP contribution in [0.1, 0.15) is 0 Å². The molecule has 6 N–H and O–H groups in total. The fraction of sp³-hybridized carbons (Fsp3) is 1.00. The predicted octanol–water partition coefficient (Wildman–Crippen LogP) is -3.10. The summed E-state index contributed by atoms with van der Waals surface area (Å²) in [5, 5.41) is 36.6. The second-order valence-corrected chi connectivity index (χ2v) is 4.49. The molecule has 1 aliphatic rings. The summed E-state index contributed by atoms with van der Waals surface area (Å²) in [5.74, 6) is 0. The number of aliphatic hydroxyl groups excluding tert-OH is 4. The Labute approximate surface area is 90.1 Å². The summed E-state index contributed by atoms with van der Waals surface area (Å²) < 4.78 is 19.2. The molecule has 96 valence electrons. The van der Waals surface area contributed by atoms with Crippen LogP contribution in [0, 0.1) is 0 Å². The van der Waals surface area contributed by atoms with Gasteiger partial charge in [0.2, 0.25) is 0 Å². The lowest BCUT2D eigenvalue weighted by Crippen LogP contribution is -2.58. The second-order valence-electron chi connectivity index (χ2n) is 3.29. The van der Waals surface area contributed by atoms with Crippen molar-refractivity contribution < 1.29 is 44.0 Å². The van der Waals surface area contributed by atoms with Crippen molar-refractivity contribution in [1.29, 1.82) is 0 Å². The smallest absolute Gasteiger partial charge is 0.394 e. The molecule has 0 saturated carbocycles. The molecule has 1 aliphatic heterocycles. The van der Waals surface area contributed by atoms with Gasteiger partial charge in [-0.25, -0.2) is 4.57 Å². The lowest BCUT2D eigenvalue weighted by molar-refractivity contribution is -0.280. The minimum atomic E-state index is -4.91. The van der Waals surface area contributed by atoms with E-state index in [1.54, 1.807) is 0 Å². The molecule has 10 heteroatoms. The molecule has 0 aliphatic carbocycles. The quantitative estimate of drug-likeness (QED) is 0.289. The zero-order chi connectivity index (χ0) is 12.5. The van der Waals surface area contributed by atoms with Gasteiger partial charge in [0.25, 0.3) is 0 Å². The standard InChI is InChI=1S/C6H13O9P/c7-1-2-3(8)4(9)5(10)6(14-2)15-16(11,12)13/h2-10H,1H2,(H2,11,12,13)/t2?,3-,4?,5?,6-/m0/s1. The Bertz CT molecular complexity index is 275. The van der Waals surface area contributed by atoms with Crippen LogP contribution in [0.3, 0.4) is 0 Å². The van der Waals surface area contributed by atoms with Crippen LogP contribution >= 0.6 is 7.82 Å². The molecule has 0 radical (unpaired) electrons. The van der Waals surface area contributed by atoms with E-state index in [0.29, 0.717) is 0 Å². The Morgan fingerprint density at radius 1 is 1.12 bits per heavy atom. The fourth-order valence-corrected chi connectivity index (χ4v) is 1.73. The average Bonchev–Trinajstić information content (AvgIpc) is 2.17. The van der Waals surface area contributed by atoms with Gasteiger partial charge in [-0.15, -0.1) is 0 Å². The van der Waals surface area contributed by atoms with Crippen LogP contribution in [0.5, 0.6) is 0 Å². The minimum absolute atomic E-state index is 0.702. The van der Waals surface area contributed by atoms with E-state index in [9.17, 15) is 19.9 Å². The number of ether oxygens (including phenoxy) is 1. The maximum Gasteiger partial charge on any atom is 0.472 e. The van der Waals surface area contributed by atoms with Crippen molar-refractivity contribution in [3.63, 3.8) is 0 Å². The summed E-state index contributed by atoms with van der Waals surface area (Å²) in [6.07, 6.45) is -8.25. The van der Waals surface area contributed by atoms with E-state index in [4.69, 9.17) is 14.9 Å². The van der Waals surface area contributed by atoms with Crippen LogP contribution in [0.2, 0.25) is 0 Å². The first kappa shape index (κ1) is 14.0. The number of hydrogen-bond acceptors (Lipinski definition) is 7. The third kappa shape index (κ3) is 3.20. The topological polar surface area (TPSA) is 157 Å². The number of rotatable bonds is 3. The summed E-state index contributed by atoms with van der Waals surface area (Å²) in [5.41, 5.74) is 0. The lowest BCUT2D eigenvalue weighted by atomic mass is 10.00. The van der Waals surface area contributed by atoms with Gasteiger partial charge < -0.3 is 34.9 Å². The zero-order valence-corrected chi connectivity index (χ0v) is 8.84. The maximum atomic E-state index is 10.5. The van der Waals surface area contributed by atoms with E-state index in [1.807, 2.05) is 0 Å². The minimum Gasteiger partial charge on any atom is -0.394 e. The van der Waals surface area contributed by atoms with Crippen molar-refractivity contribution in [1.82, 2.24) is 0 Å². The summed E-state index contributed by atoms with van der Waals surface area (Å²) in [4.78, 5) is 17.0. The van der Waals surface area contributed by atoms with Crippen molar-refractivity contribution in [2.75, 3.05) is 6.61 Å². The highest BCUT2D eigenvalue weighted by Crippen LogP contribution is 2.40. The van der Waals surface area contributed by atoms with Crippen molar-refractivity contribution in [2.24, 2.45) is 0 Å². The molecule has 0 aromatic carbocycles. The Kier molecular flexibility index (Phi) is 4.41. The maximum absolute atomic E-state index is 10.5. The lowest BCUT2D eigenvalue weighted by Gasteiger charge is -2.39. The van der Waals surface area contributed by atoms with Crippen LogP contribution in [0.15, 0.2) is 0 Å². The van der Waals surface area contributed by atoms with E-state index in [-0.39, 0.29) is 0 Å². The summed E-state index contributed by atoms with van der Waals surface area (Å²) in [6.45, 7) is -0.702. The van der Waals surface area contributed by atoms with Crippen molar-refractivity contribution in [3.8, 4) is 0 Å². The van der Waals surface area contributed by atoms with Crippen LogP contribution < -0.4 is 0 Å². The molecule has 3 unspecified atom stereocenters. The molecule has 0 aromatic rings.